The Labute approximate surface area is 154 Å². The summed E-state index contributed by atoms with van der Waals surface area (Å²) in [5.41, 5.74) is 0.468. The first-order chi connectivity index (χ1) is 12.2. The van der Waals surface area contributed by atoms with Crippen molar-refractivity contribution in [3.05, 3.63) is 29.8 Å². The van der Waals surface area contributed by atoms with Crippen LogP contribution in [0.4, 0.5) is 0 Å². The fourth-order valence-electron chi connectivity index (χ4n) is 2.72. The van der Waals surface area contributed by atoms with Crippen molar-refractivity contribution in [3.8, 4) is 5.75 Å². The van der Waals surface area contributed by atoms with Gasteiger partial charge in [-0.05, 0) is 38.1 Å². The molecule has 0 unspecified atom stereocenters. The summed E-state index contributed by atoms with van der Waals surface area (Å²) in [5.74, 6) is 0.593. The first-order valence-corrected chi connectivity index (χ1v) is 10.1. The number of guanidine groups is 1. The monoisotopic (exact) mass is 382 g/mol. The second-order valence-corrected chi connectivity index (χ2v) is 9.52. The van der Waals surface area contributed by atoms with Gasteiger partial charge in [-0.1, -0.05) is 0 Å². The van der Waals surface area contributed by atoms with Crippen LogP contribution >= 0.6 is 0 Å². The van der Waals surface area contributed by atoms with Gasteiger partial charge in [0.1, 0.15) is 5.75 Å². The molecule has 144 valence electrons. The van der Waals surface area contributed by atoms with E-state index < -0.39 is 14.6 Å². The van der Waals surface area contributed by atoms with Gasteiger partial charge in [-0.15, -0.1) is 0 Å². The fraction of sp³-hybridized carbons (Fsp3) is 0.529. The number of nitrogens with zero attached hydrogens (tertiary/aromatic N) is 2. The number of aromatic hydroxyl groups is 1. The summed E-state index contributed by atoms with van der Waals surface area (Å²) in [6.07, 6.45) is 0. The zero-order valence-electron chi connectivity index (χ0n) is 15.3. The normalized spacial score (nSPS) is 19.0. The highest BCUT2D eigenvalue weighted by molar-refractivity contribution is 7.92. The van der Waals surface area contributed by atoms with E-state index in [1.54, 1.807) is 33.0 Å². The quantitative estimate of drug-likeness (QED) is 0.390. The van der Waals surface area contributed by atoms with Crippen LogP contribution in [0.1, 0.15) is 24.2 Å². The van der Waals surface area contributed by atoms with Gasteiger partial charge < -0.3 is 20.6 Å². The lowest BCUT2D eigenvalue weighted by Gasteiger charge is -2.39. The van der Waals surface area contributed by atoms with Gasteiger partial charge in [0, 0.05) is 38.8 Å². The Morgan fingerprint density at radius 2 is 1.85 bits per heavy atom. The molecule has 1 aromatic rings. The first kappa shape index (κ1) is 20.0. The summed E-state index contributed by atoms with van der Waals surface area (Å²) in [4.78, 5) is 18.1. The smallest absolute Gasteiger partial charge is 0.251 e. The molecule has 1 aromatic carbocycles. The third kappa shape index (κ3) is 4.66. The van der Waals surface area contributed by atoms with Crippen molar-refractivity contribution in [3.63, 3.8) is 0 Å². The van der Waals surface area contributed by atoms with E-state index in [0.29, 0.717) is 37.7 Å². The Hall–Kier alpha value is -2.29. The number of carbonyl (C=O) groups excluding carboxylic acids is 1. The Bertz CT molecular complexity index is 772. The minimum atomic E-state index is -3.11. The van der Waals surface area contributed by atoms with Crippen LogP contribution in [0.3, 0.4) is 0 Å². The molecule has 0 spiro atoms. The third-order valence-corrected chi connectivity index (χ3v) is 6.91. The van der Waals surface area contributed by atoms with Crippen molar-refractivity contribution in [2.24, 2.45) is 4.99 Å². The second-order valence-electron chi connectivity index (χ2n) is 6.78. The van der Waals surface area contributed by atoms with E-state index in [-0.39, 0.29) is 17.4 Å². The van der Waals surface area contributed by atoms with Gasteiger partial charge in [0.25, 0.3) is 5.91 Å². The lowest BCUT2D eigenvalue weighted by atomic mass is 10.2. The number of aliphatic imine (C=N–C) groups is 1. The molecular weight excluding hydrogens is 356 g/mol. The lowest BCUT2D eigenvalue weighted by molar-refractivity contribution is 0.0954. The van der Waals surface area contributed by atoms with Crippen molar-refractivity contribution < 1.29 is 18.3 Å². The van der Waals surface area contributed by atoms with Crippen molar-refractivity contribution in [2.75, 3.05) is 39.0 Å². The number of hydrogen-bond acceptors (Lipinski definition) is 5. The summed E-state index contributed by atoms with van der Waals surface area (Å²) >= 11 is 0. The molecular formula is C17H26N4O4S. The van der Waals surface area contributed by atoms with Gasteiger partial charge in [0.05, 0.1) is 10.5 Å². The zero-order valence-corrected chi connectivity index (χ0v) is 16.1. The number of rotatable bonds is 4. The predicted octanol–water partition coefficient (Wildman–Crippen LogP) is 0.206. The number of nitrogens with one attached hydrogen (secondary N) is 2. The van der Waals surface area contributed by atoms with E-state index in [2.05, 4.69) is 15.6 Å². The van der Waals surface area contributed by atoms with Crippen LogP contribution in [0.25, 0.3) is 0 Å². The van der Waals surface area contributed by atoms with E-state index in [4.69, 9.17) is 0 Å². The molecule has 3 N–H and O–H groups in total. The van der Waals surface area contributed by atoms with Crippen molar-refractivity contribution in [1.29, 1.82) is 0 Å². The van der Waals surface area contributed by atoms with E-state index in [9.17, 15) is 18.3 Å². The molecule has 1 saturated heterocycles. The fourth-order valence-corrected chi connectivity index (χ4v) is 4.09. The molecule has 9 heteroatoms. The third-order valence-electron chi connectivity index (χ3n) is 4.38. The highest BCUT2D eigenvalue weighted by atomic mass is 32.2. The number of carbonyl (C=O) groups is 1. The van der Waals surface area contributed by atoms with Crippen LogP contribution in [0, 0.1) is 0 Å². The molecule has 1 heterocycles. The molecule has 1 fully saturated rings. The minimum absolute atomic E-state index is 0.0955. The number of amides is 1. The molecule has 0 saturated carbocycles. The predicted molar refractivity (Wildman–Crippen MR) is 101 cm³/mol. The average Bonchev–Trinajstić information content (AvgIpc) is 2.58. The highest BCUT2D eigenvalue weighted by Gasteiger charge is 2.40. The van der Waals surface area contributed by atoms with E-state index >= 15 is 0 Å². The summed E-state index contributed by atoms with van der Waals surface area (Å²) in [6, 6.07) is 6.02. The molecule has 1 aliphatic rings. The summed E-state index contributed by atoms with van der Waals surface area (Å²) < 4.78 is 23.4. The van der Waals surface area contributed by atoms with Crippen LogP contribution in [0.2, 0.25) is 0 Å². The molecule has 0 atom stereocenters. The average molecular weight is 382 g/mol. The Kier molecular flexibility index (Phi) is 6.12. The minimum Gasteiger partial charge on any atom is -0.508 e. The van der Waals surface area contributed by atoms with Crippen LogP contribution in [0.5, 0.6) is 5.75 Å². The van der Waals surface area contributed by atoms with Gasteiger partial charge >= 0.3 is 0 Å². The van der Waals surface area contributed by atoms with Crippen molar-refractivity contribution in [2.45, 2.75) is 18.6 Å². The lowest BCUT2D eigenvalue weighted by Crippen LogP contribution is -2.57. The second kappa shape index (κ2) is 7.94. The van der Waals surface area contributed by atoms with Crippen LogP contribution in [-0.4, -0.2) is 74.0 Å². The highest BCUT2D eigenvalue weighted by Crippen LogP contribution is 2.23. The van der Waals surface area contributed by atoms with E-state index in [1.165, 1.54) is 12.1 Å². The molecule has 1 amide bonds. The van der Waals surface area contributed by atoms with Crippen molar-refractivity contribution >= 4 is 21.7 Å². The maximum Gasteiger partial charge on any atom is 0.251 e. The summed E-state index contributed by atoms with van der Waals surface area (Å²) in [6.45, 7) is 5.05. The maximum atomic E-state index is 12.1. The van der Waals surface area contributed by atoms with E-state index in [0.717, 1.165) is 0 Å². The molecule has 0 aliphatic carbocycles. The van der Waals surface area contributed by atoms with Crippen molar-refractivity contribution in [1.82, 2.24) is 15.5 Å². The number of phenolic OH excluding ortho intramolecular Hbond substituents is 1. The summed E-state index contributed by atoms with van der Waals surface area (Å²) in [5, 5.41) is 15.2. The SMILES string of the molecule is CN=C(NCCNC(=O)c1ccc(O)cc1)N1CCS(=O)(=O)C(C)(C)C1. The molecule has 0 bridgehead atoms. The molecule has 1 aliphatic heterocycles. The molecule has 2 rings (SSSR count). The van der Waals surface area contributed by atoms with E-state index in [1.807, 2.05) is 4.90 Å². The first-order valence-electron chi connectivity index (χ1n) is 8.41. The Morgan fingerprint density at radius 1 is 1.23 bits per heavy atom. The van der Waals surface area contributed by atoms with Gasteiger partial charge in [-0.3, -0.25) is 9.79 Å². The summed E-state index contributed by atoms with van der Waals surface area (Å²) in [7, 11) is -1.46. The van der Waals surface area contributed by atoms with Crippen LogP contribution < -0.4 is 10.6 Å². The topological polar surface area (TPSA) is 111 Å². The van der Waals surface area contributed by atoms with Gasteiger partial charge in [-0.2, -0.15) is 0 Å². The number of phenols is 1. The number of benzene rings is 1. The molecule has 8 nitrogen and oxygen atoms in total. The number of hydrogen-bond donors (Lipinski definition) is 3. The van der Waals surface area contributed by atoms with Gasteiger partial charge in [0.2, 0.25) is 0 Å². The van der Waals surface area contributed by atoms with Crippen LogP contribution in [0.15, 0.2) is 29.3 Å². The maximum absolute atomic E-state index is 12.1. The Morgan fingerprint density at radius 3 is 2.42 bits per heavy atom. The Balaban J connectivity index is 1.82. The van der Waals surface area contributed by atoms with Gasteiger partial charge in [-0.25, -0.2) is 8.42 Å². The standard InChI is InChI=1S/C17H26N4O4S/c1-17(2)12-21(10-11-26(17,24)25)16(18-3)20-9-8-19-15(23)13-4-6-14(22)7-5-13/h4-7,22H,8-12H2,1-3H3,(H,18,20)(H,19,23). The van der Waals surface area contributed by atoms with Gasteiger partial charge in [0.15, 0.2) is 15.8 Å². The largest absolute Gasteiger partial charge is 0.508 e. The molecule has 26 heavy (non-hydrogen) atoms. The zero-order chi connectivity index (χ0) is 19.4. The molecule has 0 aromatic heterocycles. The van der Waals surface area contributed by atoms with Crippen LogP contribution in [-0.2, 0) is 9.84 Å². The number of sulfone groups is 1. The molecule has 0 radical (unpaired) electrons.